The molecule has 5 heteroatoms. The third-order valence-electron chi connectivity index (χ3n) is 3.22. The molecule has 0 amide bonds. The summed E-state index contributed by atoms with van der Waals surface area (Å²) in [4.78, 5) is 15.4. The predicted octanol–water partition coefficient (Wildman–Crippen LogP) is 1.69. The van der Waals surface area contributed by atoms with E-state index in [4.69, 9.17) is 0 Å². The molecule has 2 aromatic rings. The maximum atomic E-state index is 11.6. The first kappa shape index (κ1) is 12.3. The standard InChI is InChI=1S/C13H15N3O2/c1-3-10-4-6-11(7-5-10)13(2,12(17)18)16-9-14-8-15-16/h4-9H,3H2,1-2H3,(H,17,18). The average molecular weight is 245 g/mol. The van der Waals surface area contributed by atoms with Gasteiger partial charge in [0.15, 0.2) is 5.54 Å². The molecule has 1 aromatic carbocycles. The van der Waals surface area contributed by atoms with E-state index in [0.29, 0.717) is 5.56 Å². The third kappa shape index (κ3) is 1.88. The Kier molecular flexibility index (Phi) is 3.14. The van der Waals surface area contributed by atoms with Crippen LogP contribution in [-0.4, -0.2) is 25.8 Å². The highest BCUT2D eigenvalue weighted by Gasteiger charge is 2.38. The summed E-state index contributed by atoms with van der Waals surface area (Å²) in [7, 11) is 0. The van der Waals surface area contributed by atoms with E-state index in [1.54, 1.807) is 6.92 Å². The van der Waals surface area contributed by atoms with Gasteiger partial charge in [-0.25, -0.2) is 14.5 Å². The molecular weight excluding hydrogens is 230 g/mol. The summed E-state index contributed by atoms with van der Waals surface area (Å²) < 4.78 is 1.36. The maximum Gasteiger partial charge on any atom is 0.336 e. The lowest BCUT2D eigenvalue weighted by Gasteiger charge is -2.25. The van der Waals surface area contributed by atoms with Crippen molar-refractivity contribution in [2.45, 2.75) is 25.8 Å². The molecule has 18 heavy (non-hydrogen) atoms. The van der Waals surface area contributed by atoms with Crippen molar-refractivity contribution in [1.29, 1.82) is 0 Å². The summed E-state index contributed by atoms with van der Waals surface area (Å²) in [5.74, 6) is -0.961. The molecule has 0 radical (unpaired) electrons. The fourth-order valence-corrected chi connectivity index (χ4v) is 1.86. The van der Waals surface area contributed by atoms with Crippen molar-refractivity contribution >= 4 is 5.97 Å². The normalized spacial score (nSPS) is 14.1. The molecule has 1 unspecified atom stereocenters. The molecule has 0 aliphatic heterocycles. The highest BCUT2D eigenvalue weighted by molar-refractivity contribution is 5.80. The van der Waals surface area contributed by atoms with Crippen LogP contribution in [0.25, 0.3) is 0 Å². The molecule has 1 heterocycles. The second-order valence-electron chi connectivity index (χ2n) is 4.27. The smallest absolute Gasteiger partial charge is 0.336 e. The number of nitrogens with zero attached hydrogens (tertiary/aromatic N) is 3. The van der Waals surface area contributed by atoms with Crippen LogP contribution in [0.3, 0.4) is 0 Å². The summed E-state index contributed by atoms with van der Waals surface area (Å²) in [5.41, 5.74) is 0.616. The van der Waals surface area contributed by atoms with E-state index in [9.17, 15) is 9.90 Å². The van der Waals surface area contributed by atoms with Crippen molar-refractivity contribution in [2.24, 2.45) is 0 Å². The van der Waals surface area contributed by atoms with E-state index in [0.717, 1.165) is 6.42 Å². The van der Waals surface area contributed by atoms with Crippen molar-refractivity contribution in [3.05, 3.63) is 48.0 Å². The fourth-order valence-electron chi connectivity index (χ4n) is 1.86. The molecule has 1 N–H and O–H groups in total. The minimum atomic E-state index is -1.23. The minimum absolute atomic E-state index is 0.678. The van der Waals surface area contributed by atoms with Crippen LogP contribution in [0.1, 0.15) is 25.0 Å². The van der Waals surface area contributed by atoms with Crippen LogP contribution in [0.4, 0.5) is 0 Å². The number of hydrogen-bond acceptors (Lipinski definition) is 3. The Morgan fingerprint density at radius 2 is 2.06 bits per heavy atom. The zero-order chi connectivity index (χ0) is 13.2. The summed E-state index contributed by atoms with van der Waals surface area (Å²) in [5, 5.41) is 13.4. The lowest BCUT2D eigenvalue weighted by Crippen LogP contribution is -2.40. The molecule has 94 valence electrons. The van der Waals surface area contributed by atoms with Gasteiger partial charge < -0.3 is 5.11 Å². The minimum Gasteiger partial charge on any atom is -0.479 e. The number of rotatable bonds is 4. The Morgan fingerprint density at radius 1 is 1.39 bits per heavy atom. The molecular formula is C13H15N3O2. The van der Waals surface area contributed by atoms with Gasteiger partial charge in [0.05, 0.1) is 0 Å². The molecule has 0 aliphatic rings. The van der Waals surface area contributed by atoms with Gasteiger partial charge in [-0.15, -0.1) is 0 Å². The number of aromatic nitrogens is 3. The first-order valence-electron chi connectivity index (χ1n) is 5.77. The first-order valence-corrected chi connectivity index (χ1v) is 5.77. The zero-order valence-corrected chi connectivity index (χ0v) is 10.4. The molecule has 2 rings (SSSR count). The van der Waals surface area contributed by atoms with Gasteiger partial charge in [0.2, 0.25) is 0 Å². The Morgan fingerprint density at radius 3 is 2.50 bits per heavy atom. The molecule has 1 atom stereocenters. The monoisotopic (exact) mass is 245 g/mol. The van der Waals surface area contributed by atoms with E-state index in [-0.39, 0.29) is 0 Å². The summed E-state index contributed by atoms with van der Waals surface area (Å²) in [6, 6.07) is 7.53. The van der Waals surface area contributed by atoms with Crippen LogP contribution in [0.15, 0.2) is 36.9 Å². The number of aryl methyl sites for hydroxylation is 1. The van der Waals surface area contributed by atoms with Crippen LogP contribution in [-0.2, 0) is 16.8 Å². The second-order valence-corrected chi connectivity index (χ2v) is 4.27. The molecule has 1 aromatic heterocycles. The number of hydrogen-bond donors (Lipinski definition) is 1. The van der Waals surface area contributed by atoms with E-state index in [2.05, 4.69) is 17.0 Å². The van der Waals surface area contributed by atoms with Gasteiger partial charge in [0, 0.05) is 0 Å². The number of aliphatic carboxylic acids is 1. The van der Waals surface area contributed by atoms with Gasteiger partial charge in [0.1, 0.15) is 12.7 Å². The largest absolute Gasteiger partial charge is 0.479 e. The van der Waals surface area contributed by atoms with Gasteiger partial charge in [-0.05, 0) is 24.5 Å². The number of carboxylic acid groups (broad SMARTS) is 1. The lowest BCUT2D eigenvalue weighted by molar-refractivity contribution is -0.144. The highest BCUT2D eigenvalue weighted by Crippen LogP contribution is 2.25. The Bertz CT molecular complexity index is 534. The van der Waals surface area contributed by atoms with Gasteiger partial charge in [-0.1, -0.05) is 31.2 Å². The third-order valence-corrected chi connectivity index (χ3v) is 3.22. The van der Waals surface area contributed by atoms with Crippen molar-refractivity contribution in [3.8, 4) is 0 Å². The van der Waals surface area contributed by atoms with E-state index < -0.39 is 11.5 Å². The van der Waals surface area contributed by atoms with Gasteiger partial charge in [-0.3, -0.25) is 0 Å². The van der Waals surface area contributed by atoms with Crippen LogP contribution in [0.5, 0.6) is 0 Å². The van der Waals surface area contributed by atoms with Crippen LogP contribution >= 0.6 is 0 Å². The Hall–Kier alpha value is -2.17. The van der Waals surface area contributed by atoms with Crippen molar-refractivity contribution in [2.75, 3.05) is 0 Å². The molecule has 0 bridgehead atoms. The molecule has 0 saturated heterocycles. The van der Waals surface area contributed by atoms with E-state index in [1.165, 1.54) is 22.9 Å². The number of carboxylic acids is 1. The van der Waals surface area contributed by atoms with Crippen molar-refractivity contribution < 1.29 is 9.90 Å². The number of carbonyl (C=O) groups is 1. The molecule has 0 spiro atoms. The summed E-state index contributed by atoms with van der Waals surface area (Å²) >= 11 is 0. The second kappa shape index (κ2) is 4.60. The van der Waals surface area contributed by atoms with Gasteiger partial charge in [-0.2, -0.15) is 5.10 Å². The maximum absolute atomic E-state index is 11.6. The fraction of sp³-hybridized carbons (Fsp3) is 0.308. The molecule has 0 aliphatic carbocycles. The molecule has 5 nitrogen and oxygen atoms in total. The number of benzene rings is 1. The van der Waals surface area contributed by atoms with Crippen LogP contribution in [0, 0.1) is 0 Å². The topological polar surface area (TPSA) is 68.0 Å². The van der Waals surface area contributed by atoms with E-state index in [1.807, 2.05) is 24.3 Å². The highest BCUT2D eigenvalue weighted by atomic mass is 16.4. The zero-order valence-electron chi connectivity index (χ0n) is 10.4. The lowest BCUT2D eigenvalue weighted by atomic mass is 9.91. The summed E-state index contributed by atoms with van der Waals surface area (Å²) in [6.07, 6.45) is 3.68. The first-order chi connectivity index (χ1) is 8.59. The Balaban J connectivity index is 2.50. The average Bonchev–Trinajstić information content (AvgIpc) is 2.92. The van der Waals surface area contributed by atoms with Crippen LogP contribution < -0.4 is 0 Å². The van der Waals surface area contributed by atoms with Crippen LogP contribution in [0.2, 0.25) is 0 Å². The molecule has 0 fully saturated rings. The quantitative estimate of drug-likeness (QED) is 0.890. The van der Waals surface area contributed by atoms with Gasteiger partial charge >= 0.3 is 5.97 Å². The summed E-state index contributed by atoms with van der Waals surface area (Å²) in [6.45, 7) is 3.67. The van der Waals surface area contributed by atoms with Gasteiger partial charge in [0.25, 0.3) is 0 Å². The van der Waals surface area contributed by atoms with Crippen molar-refractivity contribution in [1.82, 2.24) is 14.8 Å². The van der Waals surface area contributed by atoms with Crippen molar-refractivity contribution in [3.63, 3.8) is 0 Å². The predicted molar refractivity (Wildman–Crippen MR) is 66.2 cm³/mol. The Labute approximate surface area is 105 Å². The molecule has 0 saturated carbocycles. The van der Waals surface area contributed by atoms with E-state index >= 15 is 0 Å². The SMILES string of the molecule is CCc1ccc(C(C)(C(=O)O)n2cncn2)cc1.